The lowest BCUT2D eigenvalue weighted by atomic mass is 9.96. The molecule has 3 rings (SSSR count). The molecule has 1 aromatic rings. The highest BCUT2D eigenvalue weighted by atomic mass is 32.2. The summed E-state index contributed by atoms with van der Waals surface area (Å²) >= 11 is 1.65. The Morgan fingerprint density at radius 2 is 2.00 bits per heavy atom. The molecule has 0 bridgehead atoms. The summed E-state index contributed by atoms with van der Waals surface area (Å²) in [6.45, 7) is 1.62. The molecule has 1 saturated heterocycles. The van der Waals surface area contributed by atoms with E-state index < -0.39 is 10.0 Å². The summed E-state index contributed by atoms with van der Waals surface area (Å²) in [5.74, 6) is 0.180. The Balaban J connectivity index is 1.62. The van der Waals surface area contributed by atoms with Crippen LogP contribution >= 0.6 is 11.3 Å². The number of hydrogen-bond donors (Lipinski definition) is 0. The number of piperidine rings is 1. The molecular weight excluding hydrogens is 320 g/mol. The molecule has 2 fully saturated rings. The van der Waals surface area contributed by atoms with Gasteiger partial charge < -0.3 is 4.90 Å². The third kappa shape index (κ3) is 3.70. The van der Waals surface area contributed by atoms with Crippen LogP contribution in [0.4, 0.5) is 0 Å². The molecule has 0 N–H and O–H groups in total. The molecule has 1 aliphatic carbocycles. The molecule has 1 amide bonds. The van der Waals surface area contributed by atoms with Crippen LogP contribution in [0, 0.1) is 5.92 Å². The van der Waals surface area contributed by atoms with Crippen LogP contribution in [0.2, 0.25) is 0 Å². The molecule has 1 saturated carbocycles. The van der Waals surface area contributed by atoms with E-state index in [4.69, 9.17) is 0 Å². The van der Waals surface area contributed by atoms with E-state index in [2.05, 4.69) is 11.4 Å². The Hall–Kier alpha value is -0.920. The summed E-state index contributed by atoms with van der Waals surface area (Å²) < 4.78 is 24.6. The van der Waals surface area contributed by atoms with Crippen LogP contribution in [0.5, 0.6) is 0 Å². The Labute approximate surface area is 136 Å². The van der Waals surface area contributed by atoms with E-state index in [1.807, 2.05) is 10.3 Å². The van der Waals surface area contributed by atoms with Crippen LogP contribution in [0.25, 0.3) is 0 Å². The van der Waals surface area contributed by atoms with Gasteiger partial charge in [0.05, 0.1) is 6.26 Å². The molecule has 7 heteroatoms. The zero-order valence-electron chi connectivity index (χ0n) is 12.8. The summed E-state index contributed by atoms with van der Waals surface area (Å²) in [4.78, 5) is 14.8. The molecule has 2 aliphatic rings. The molecule has 1 aliphatic heterocycles. The molecule has 0 unspecified atom stereocenters. The Bertz CT molecular complexity index is 615. The molecule has 0 radical (unpaired) electrons. The van der Waals surface area contributed by atoms with Crippen molar-refractivity contribution in [1.82, 2.24) is 9.21 Å². The number of hydrogen-bond acceptors (Lipinski definition) is 4. The normalized spacial score (nSPS) is 21.0. The molecule has 1 aromatic heterocycles. The zero-order valence-corrected chi connectivity index (χ0v) is 14.4. The SMILES string of the molecule is CS(=O)(=O)N1CCC(C(=O)N(Cc2ccsc2)C2CC2)CC1. The molecule has 22 heavy (non-hydrogen) atoms. The Morgan fingerprint density at radius 1 is 1.32 bits per heavy atom. The number of carbonyl (C=O) groups is 1. The number of thiophene rings is 1. The first-order valence-corrected chi connectivity index (χ1v) is 10.5. The van der Waals surface area contributed by atoms with Crippen LogP contribution < -0.4 is 0 Å². The second-order valence-corrected chi connectivity index (χ2v) is 9.03. The van der Waals surface area contributed by atoms with Gasteiger partial charge in [-0.2, -0.15) is 11.3 Å². The highest BCUT2D eigenvalue weighted by molar-refractivity contribution is 7.88. The summed E-state index contributed by atoms with van der Waals surface area (Å²) in [5.41, 5.74) is 1.19. The first-order valence-electron chi connectivity index (χ1n) is 7.72. The quantitative estimate of drug-likeness (QED) is 0.821. The van der Waals surface area contributed by atoms with Crippen molar-refractivity contribution >= 4 is 27.3 Å². The molecule has 0 spiro atoms. The van der Waals surface area contributed by atoms with Crippen LogP contribution in [0.15, 0.2) is 16.8 Å². The fourth-order valence-corrected chi connectivity index (χ4v) is 4.56. The van der Waals surface area contributed by atoms with E-state index in [0.29, 0.717) is 38.5 Å². The minimum atomic E-state index is -3.13. The standard InChI is InChI=1S/C15H22N2O3S2/c1-22(19,20)16-7-4-13(5-8-16)15(18)17(14-2-3-14)10-12-6-9-21-11-12/h6,9,11,13-14H,2-5,7-8,10H2,1H3. The number of rotatable bonds is 5. The van der Waals surface area contributed by atoms with Crippen molar-refractivity contribution in [2.45, 2.75) is 38.3 Å². The predicted molar refractivity (Wildman–Crippen MR) is 87.0 cm³/mol. The van der Waals surface area contributed by atoms with Gasteiger partial charge in [-0.25, -0.2) is 12.7 Å². The van der Waals surface area contributed by atoms with Crippen LogP contribution in [-0.4, -0.2) is 48.9 Å². The third-order valence-electron chi connectivity index (χ3n) is 4.48. The van der Waals surface area contributed by atoms with E-state index in [0.717, 1.165) is 12.8 Å². The average Bonchev–Trinajstić information content (AvgIpc) is 3.20. The second-order valence-electron chi connectivity index (χ2n) is 6.27. The van der Waals surface area contributed by atoms with Gasteiger partial charge in [0, 0.05) is 31.6 Å². The van der Waals surface area contributed by atoms with Crippen molar-refractivity contribution in [3.63, 3.8) is 0 Å². The maximum atomic E-state index is 12.8. The van der Waals surface area contributed by atoms with E-state index in [9.17, 15) is 13.2 Å². The first kappa shape index (κ1) is 16.0. The molecule has 0 aromatic carbocycles. The van der Waals surface area contributed by atoms with Crippen molar-refractivity contribution in [2.24, 2.45) is 5.92 Å². The van der Waals surface area contributed by atoms with E-state index in [1.165, 1.54) is 16.1 Å². The van der Waals surface area contributed by atoms with Gasteiger partial charge in [0.25, 0.3) is 0 Å². The second kappa shape index (κ2) is 6.29. The lowest BCUT2D eigenvalue weighted by Crippen LogP contribution is -2.44. The summed E-state index contributed by atoms with van der Waals surface area (Å²) in [7, 11) is -3.13. The minimum absolute atomic E-state index is 0.0303. The van der Waals surface area contributed by atoms with Gasteiger partial charge in [0.2, 0.25) is 15.9 Å². The van der Waals surface area contributed by atoms with Gasteiger partial charge in [-0.3, -0.25) is 4.79 Å². The van der Waals surface area contributed by atoms with Crippen LogP contribution in [0.1, 0.15) is 31.2 Å². The van der Waals surface area contributed by atoms with Crippen molar-refractivity contribution in [3.8, 4) is 0 Å². The number of nitrogens with zero attached hydrogens (tertiary/aromatic N) is 2. The monoisotopic (exact) mass is 342 g/mol. The predicted octanol–water partition coefficient (Wildman–Crippen LogP) is 1.91. The van der Waals surface area contributed by atoms with Crippen LogP contribution in [-0.2, 0) is 21.4 Å². The van der Waals surface area contributed by atoms with Gasteiger partial charge >= 0.3 is 0 Å². The highest BCUT2D eigenvalue weighted by Gasteiger charge is 2.37. The molecular formula is C15H22N2O3S2. The largest absolute Gasteiger partial charge is 0.335 e. The number of amides is 1. The van der Waals surface area contributed by atoms with Crippen molar-refractivity contribution < 1.29 is 13.2 Å². The fourth-order valence-electron chi connectivity index (χ4n) is 3.02. The Morgan fingerprint density at radius 3 is 2.50 bits per heavy atom. The average molecular weight is 342 g/mol. The molecule has 122 valence electrons. The van der Waals surface area contributed by atoms with Crippen LogP contribution in [0.3, 0.4) is 0 Å². The minimum Gasteiger partial charge on any atom is -0.335 e. The lowest BCUT2D eigenvalue weighted by Gasteiger charge is -2.33. The maximum Gasteiger partial charge on any atom is 0.226 e. The maximum absolute atomic E-state index is 12.8. The van der Waals surface area contributed by atoms with Gasteiger partial charge in [-0.05, 0) is 48.1 Å². The topological polar surface area (TPSA) is 57.7 Å². The smallest absolute Gasteiger partial charge is 0.226 e. The summed E-state index contributed by atoms with van der Waals surface area (Å²) in [5, 5.41) is 4.13. The molecule has 5 nitrogen and oxygen atoms in total. The van der Waals surface area contributed by atoms with Gasteiger partial charge in [-0.1, -0.05) is 0 Å². The third-order valence-corrected chi connectivity index (χ3v) is 6.51. The Kier molecular flexibility index (Phi) is 4.56. The van der Waals surface area contributed by atoms with E-state index in [-0.39, 0.29) is 11.8 Å². The fraction of sp³-hybridized carbons (Fsp3) is 0.667. The number of sulfonamides is 1. The van der Waals surface area contributed by atoms with Gasteiger partial charge in [0.15, 0.2) is 0 Å². The van der Waals surface area contributed by atoms with E-state index >= 15 is 0 Å². The zero-order chi connectivity index (χ0) is 15.7. The highest BCUT2D eigenvalue weighted by Crippen LogP contribution is 2.32. The van der Waals surface area contributed by atoms with Crippen molar-refractivity contribution in [2.75, 3.05) is 19.3 Å². The molecule has 2 heterocycles. The summed E-state index contributed by atoms with van der Waals surface area (Å²) in [6.07, 6.45) is 4.70. The van der Waals surface area contributed by atoms with Gasteiger partial charge in [-0.15, -0.1) is 0 Å². The lowest BCUT2D eigenvalue weighted by molar-refractivity contribution is -0.138. The van der Waals surface area contributed by atoms with Gasteiger partial charge in [0.1, 0.15) is 0 Å². The van der Waals surface area contributed by atoms with E-state index in [1.54, 1.807) is 11.3 Å². The van der Waals surface area contributed by atoms with Crippen molar-refractivity contribution in [1.29, 1.82) is 0 Å². The molecule has 0 atom stereocenters. The first-order chi connectivity index (χ1) is 10.4. The van der Waals surface area contributed by atoms with Crippen molar-refractivity contribution in [3.05, 3.63) is 22.4 Å². The number of carbonyl (C=O) groups excluding carboxylic acids is 1. The summed E-state index contributed by atoms with van der Waals surface area (Å²) in [6, 6.07) is 2.46.